The van der Waals surface area contributed by atoms with Crippen LogP contribution < -0.4 is 5.32 Å². The van der Waals surface area contributed by atoms with Crippen molar-refractivity contribution in [1.82, 2.24) is 24.6 Å². The largest absolute Gasteiger partial charge is 0.480 e. The number of aliphatic carboxylic acids is 1. The molecule has 0 fully saturated rings. The molecule has 0 bridgehead atoms. The fourth-order valence-corrected chi connectivity index (χ4v) is 7.75. The normalized spacial score (nSPS) is 13.9. The Kier molecular flexibility index (Phi) is 15.8. The van der Waals surface area contributed by atoms with Crippen LogP contribution in [0, 0.1) is 17.0 Å². The molecule has 2 N–H and O–H groups in total. The second-order valence-corrected chi connectivity index (χ2v) is 22.6. The molecule has 0 radical (unpaired) electrons. The van der Waals surface area contributed by atoms with Gasteiger partial charge in [-0.3, -0.25) is 24.1 Å². The highest BCUT2D eigenvalue weighted by Crippen LogP contribution is 2.41. The summed E-state index contributed by atoms with van der Waals surface area (Å²) in [5, 5.41) is 12.9. The first-order chi connectivity index (χ1) is 27.7. The topological polar surface area (TPSA) is 159 Å². The summed E-state index contributed by atoms with van der Waals surface area (Å²) in [5.41, 5.74) is 0.926. The van der Waals surface area contributed by atoms with Crippen molar-refractivity contribution >= 4 is 56.4 Å². The summed E-state index contributed by atoms with van der Waals surface area (Å²) in [5.74, 6) is -6.39. The smallest absolute Gasteiger partial charge is 0.407 e. The first-order valence-corrected chi connectivity index (χ1v) is 23.6. The van der Waals surface area contributed by atoms with Crippen LogP contribution in [0.4, 0.5) is 13.6 Å². The quantitative estimate of drug-likeness (QED) is 0.0575. The fourth-order valence-electron chi connectivity index (χ4n) is 6.68. The lowest BCUT2D eigenvalue weighted by Gasteiger charge is -2.42. The third-order valence-electron chi connectivity index (χ3n) is 9.68. The van der Waals surface area contributed by atoms with Crippen LogP contribution in [0.15, 0.2) is 72.9 Å². The van der Waals surface area contributed by atoms with Crippen molar-refractivity contribution in [3.63, 3.8) is 0 Å². The van der Waals surface area contributed by atoms with Gasteiger partial charge >= 0.3 is 12.1 Å². The first kappa shape index (κ1) is 46.4. The Bertz CT molecular complexity index is 2030. The van der Waals surface area contributed by atoms with E-state index in [1.165, 1.54) is 4.90 Å². The van der Waals surface area contributed by atoms with Crippen LogP contribution in [0.1, 0.15) is 44.5 Å². The number of hydrogen-bond donors (Lipinski definition) is 3. The van der Waals surface area contributed by atoms with E-state index in [1.807, 2.05) is 55.7 Å². The van der Waals surface area contributed by atoms with Gasteiger partial charge in [0.05, 0.1) is 12.6 Å². The van der Waals surface area contributed by atoms with Crippen LogP contribution in [0.5, 0.6) is 0 Å². The second-order valence-electron chi connectivity index (χ2n) is 16.6. The second kappa shape index (κ2) is 20.1. The summed E-state index contributed by atoms with van der Waals surface area (Å²) in [6.07, 6.45) is 3.21. The Morgan fingerprint density at radius 1 is 0.949 bits per heavy atom. The van der Waals surface area contributed by atoms with Crippen LogP contribution >= 0.6 is 12.6 Å². The maximum atomic E-state index is 15.3. The molecule has 1 aliphatic heterocycles. The van der Waals surface area contributed by atoms with Gasteiger partial charge in [0, 0.05) is 68.6 Å². The van der Waals surface area contributed by atoms with Gasteiger partial charge in [-0.2, -0.15) is 12.6 Å². The van der Waals surface area contributed by atoms with Crippen molar-refractivity contribution < 1.29 is 47.4 Å². The van der Waals surface area contributed by atoms with Crippen molar-refractivity contribution in [3.8, 4) is 11.1 Å². The summed E-state index contributed by atoms with van der Waals surface area (Å²) in [7, 11) is -1.46. The van der Waals surface area contributed by atoms with E-state index in [9.17, 15) is 38.3 Å². The molecule has 0 spiro atoms. The number of nitrogens with zero attached hydrogens (tertiary/aromatic N) is 4. The molecule has 2 unspecified atom stereocenters. The van der Waals surface area contributed by atoms with E-state index < -0.39 is 91.7 Å². The molecular formula is C42H53F2N5O8SSi. The van der Waals surface area contributed by atoms with Crippen molar-refractivity contribution in [2.45, 2.75) is 71.5 Å². The van der Waals surface area contributed by atoms with Crippen LogP contribution in [-0.4, -0.2) is 113 Å². The standard InChI is InChI=1S/C42H53F2N5O8SSi/c1-42(2,3)39(33-21-29(31-22-30(43)13-14-32(31)44)24-46(33)23-28-11-8-7-9-12-28)47(18-10-17-45-41(56)57-19-20-59(4,5)6)37(52)25-48(34(27-58)40(54)55)38(53)26-49-35(50)15-16-36(49)51/h7-9,11-16,21-22,24,34,39,58H,10,17-20,23,25-27H2,1-6H3,(H,45,56)(H,54,55). The van der Waals surface area contributed by atoms with Gasteiger partial charge in [-0.25, -0.2) is 18.4 Å². The minimum atomic E-state index is -1.62. The number of carbonyl (C=O) groups is 6. The summed E-state index contributed by atoms with van der Waals surface area (Å²) >= 11 is 4.16. The number of carboxylic acids is 1. The van der Waals surface area contributed by atoms with E-state index >= 15 is 4.39 Å². The molecule has 59 heavy (non-hydrogen) atoms. The Morgan fingerprint density at radius 3 is 2.20 bits per heavy atom. The third kappa shape index (κ3) is 12.8. The highest BCUT2D eigenvalue weighted by atomic mass is 32.1. The molecular weight excluding hydrogens is 801 g/mol. The van der Waals surface area contributed by atoms with E-state index in [0.29, 0.717) is 16.2 Å². The fraction of sp³-hybridized carbons (Fsp3) is 0.429. The lowest BCUT2D eigenvalue weighted by atomic mass is 9.82. The highest BCUT2D eigenvalue weighted by molar-refractivity contribution is 7.80. The molecule has 318 valence electrons. The number of amides is 5. The van der Waals surface area contributed by atoms with E-state index in [-0.39, 0.29) is 38.2 Å². The number of aromatic nitrogens is 1. The van der Waals surface area contributed by atoms with Crippen molar-refractivity contribution in [1.29, 1.82) is 0 Å². The van der Waals surface area contributed by atoms with E-state index in [4.69, 9.17) is 4.74 Å². The number of alkyl carbamates (subject to hydrolysis) is 1. The lowest BCUT2D eigenvalue weighted by molar-refractivity contribution is -0.154. The summed E-state index contributed by atoms with van der Waals surface area (Å²) in [6.45, 7) is 11.1. The molecule has 0 saturated carbocycles. The maximum Gasteiger partial charge on any atom is 0.407 e. The average Bonchev–Trinajstić information content (AvgIpc) is 3.70. The molecule has 1 aliphatic rings. The molecule has 1 aromatic heterocycles. The SMILES string of the molecule is CC(C)(C)C(c1cc(-c2cc(F)ccc2F)cn1Cc1ccccc1)N(CCCNC(=O)OCC[Si](C)(C)C)C(=O)CN(C(=O)CN1C(=O)C=CC1=O)C(CS)C(=O)O. The molecule has 5 amide bonds. The third-order valence-corrected chi connectivity index (χ3v) is 11.7. The molecule has 0 aliphatic carbocycles. The van der Waals surface area contributed by atoms with E-state index in [1.54, 1.807) is 12.3 Å². The van der Waals surface area contributed by atoms with Gasteiger partial charge < -0.3 is 29.5 Å². The van der Waals surface area contributed by atoms with Crippen LogP contribution in [-0.2, 0) is 35.3 Å². The monoisotopic (exact) mass is 853 g/mol. The van der Waals surface area contributed by atoms with Gasteiger partial charge in [-0.15, -0.1) is 0 Å². The number of carboxylic acid groups (broad SMARTS) is 1. The van der Waals surface area contributed by atoms with Crippen molar-refractivity contribution in [3.05, 3.63) is 95.8 Å². The van der Waals surface area contributed by atoms with E-state index in [0.717, 1.165) is 46.9 Å². The van der Waals surface area contributed by atoms with E-state index in [2.05, 4.69) is 37.6 Å². The number of ether oxygens (including phenoxy) is 1. The summed E-state index contributed by atoms with van der Waals surface area (Å²) in [4.78, 5) is 81.4. The van der Waals surface area contributed by atoms with Gasteiger partial charge in [0.15, 0.2) is 0 Å². The number of imide groups is 1. The molecule has 13 nitrogen and oxygen atoms in total. The molecule has 2 aromatic carbocycles. The van der Waals surface area contributed by atoms with Gasteiger partial charge in [0.1, 0.15) is 30.8 Å². The maximum absolute atomic E-state index is 15.3. The Balaban J connectivity index is 1.79. The minimum absolute atomic E-state index is 0.00390. The van der Waals surface area contributed by atoms with Gasteiger partial charge in [0.25, 0.3) is 11.8 Å². The summed E-state index contributed by atoms with van der Waals surface area (Å²) in [6, 6.07) is 12.5. The first-order valence-electron chi connectivity index (χ1n) is 19.3. The zero-order valence-corrected chi connectivity index (χ0v) is 36.1. The number of nitrogens with one attached hydrogen (secondary N) is 1. The van der Waals surface area contributed by atoms with Crippen LogP contribution in [0.25, 0.3) is 11.1 Å². The number of rotatable bonds is 19. The highest BCUT2D eigenvalue weighted by Gasteiger charge is 2.40. The molecule has 0 saturated heterocycles. The Hall–Kier alpha value is -5.29. The molecule has 2 heterocycles. The van der Waals surface area contributed by atoms with Gasteiger partial charge in [-0.1, -0.05) is 70.7 Å². The lowest BCUT2D eigenvalue weighted by Crippen LogP contribution is -2.55. The van der Waals surface area contributed by atoms with Crippen molar-refractivity contribution in [2.75, 3.05) is 38.5 Å². The Labute approximate surface area is 349 Å². The average molecular weight is 854 g/mol. The Morgan fingerprint density at radius 2 is 1.61 bits per heavy atom. The number of benzene rings is 2. The predicted molar refractivity (Wildman–Crippen MR) is 224 cm³/mol. The number of carbonyl (C=O) groups excluding carboxylic acids is 5. The van der Waals surface area contributed by atoms with Gasteiger partial charge in [-0.05, 0) is 47.7 Å². The number of thiol groups is 1. The zero-order chi connectivity index (χ0) is 43.7. The van der Waals surface area contributed by atoms with Crippen LogP contribution in [0.2, 0.25) is 25.7 Å². The number of halogens is 2. The molecule has 17 heteroatoms. The predicted octanol–water partition coefficient (Wildman–Crippen LogP) is 5.99. The van der Waals surface area contributed by atoms with Crippen LogP contribution in [0.3, 0.4) is 0 Å². The number of hydrogen-bond acceptors (Lipinski definition) is 8. The minimum Gasteiger partial charge on any atom is -0.480 e. The summed E-state index contributed by atoms with van der Waals surface area (Å²) < 4.78 is 37.1. The molecule has 3 aromatic rings. The molecule has 2 atom stereocenters. The zero-order valence-electron chi connectivity index (χ0n) is 34.2. The van der Waals surface area contributed by atoms with Gasteiger partial charge in [0.2, 0.25) is 11.8 Å². The van der Waals surface area contributed by atoms with Crippen molar-refractivity contribution in [2.24, 2.45) is 5.41 Å². The molecule has 4 rings (SSSR count).